The van der Waals surface area contributed by atoms with Crippen molar-refractivity contribution in [2.75, 3.05) is 13.7 Å². The van der Waals surface area contributed by atoms with E-state index in [1.165, 1.54) is 4.34 Å². The number of nitrogens with zero attached hydrogens (tertiary/aromatic N) is 2. The first-order valence-electron chi connectivity index (χ1n) is 14.2. The molecule has 1 aromatic heterocycles. The number of ether oxygens (including phenoxy) is 2. The van der Waals surface area contributed by atoms with Crippen LogP contribution >= 0.6 is 9.39 Å². The van der Waals surface area contributed by atoms with Crippen LogP contribution in [0.15, 0.2) is 53.3 Å². The molecular formula is C31H47N2O5PSi. The Hall–Kier alpha value is -2.38. The zero-order valence-corrected chi connectivity index (χ0v) is 27.4. The quantitative estimate of drug-likeness (QED) is 0.121. The number of benzene rings is 2. The Morgan fingerprint density at radius 2 is 1.68 bits per heavy atom. The predicted molar refractivity (Wildman–Crippen MR) is 168 cm³/mol. The number of hydrogen-bond donors (Lipinski definition) is 1. The number of unbranched alkanes of at least 4 members (excludes halogenated alkanes) is 2. The molecule has 0 aliphatic heterocycles. The molecule has 0 fully saturated rings. The number of methoxy groups -OCH3 is 1. The lowest BCUT2D eigenvalue weighted by molar-refractivity contribution is 0.0322. The van der Waals surface area contributed by atoms with Gasteiger partial charge in [0, 0.05) is 13.0 Å². The number of aromatic nitrogens is 2. The molecule has 2 atom stereocenters. The van der Waals surface area contributed by atoms with Crippen molar-refractivity contribution in [2.45, 2.75) is 90.6 Å². The molecule has 0 amide bonds. The second-order valence-corrected chi connectivity index (χ2v) is 17.2. The minimum absolute atomic E-state index is 0.0572. The smallest absolute Gasteiger partial charge is 0.338 e. The maximum Gasteiger partial charge on any atom is 0.338 e. The van der Waals surface area contributed by atoms with Crippen molar-refractivity contribution < 1.29 is 19.0 Å². The highest BCUT2D eigenvalue weighted by Crippen LogP contribution is 2.37. The minimum atomic E-state index is -1.95. The molecule has 220 valence electrons. The third-order valence-corrected chi connectivity index (χ3v) is 13.0. The minimum Gasteiger partial charge on any atom is -0.497 e. The normalized spacial score (nSPS) is 13.0. The fourth-order valence-corrected chi connectivity index (χ4v) is 5.65. The van der Waals surface area contributed by atoms with Crippen LogP contribution in [-0.4, -0.2) is 36.0 Å². The molecule has 0 spiro atoms. The molecule has 1 heterocycles. The van der Waals surface area contributed by atoms with E-state index in [1.807, 2.05) is 48.5 Å². The van der Waals surface area contributed by atoms with Crippen LogP contribution in [0.2, 0.25) is 18.1 Å². The third-order valence-electron chi connectivity index (χ3n) is 7.96. The number of rotatable bonds is 14. The molecule has 40 heavy (non-hydrogen) atoms. The SMILES string of the molecule is CCCCCC(OCc1ccc(OC)cc1)c1ccc(-n2c(CCO[Si](C)(C)C(C)(C)C)c(O)n(P)c2=O)cc1. The van der Waals surface area contributed by atoms with E-state index < -0.39 is 8.32 Å². The molecule has 0 radical (unpaired) electrons. The predicted octanol–water partition coefficient (Wildman–Crippen LogP) is 7.39. The van der Waals surface area contributed by atoms with E-state index >= 15 is 0 Å². The van der Waals surface area contributed by atoms with E-state index in [-0.39, 0.29) is 22.7 Å². The van der Waals surface area contributed by atoms with Crippen LogP contribution in [0.25, 0.3) is 5.69 Å². The number of imidazole rings is 1. The van der Waals surface area contributed by atoms with E-state index in [4.69, 9.17) is 13.9 Å². The van der Waals surface area contributed by atoms with Gasteiger partial charge in [-0.1, -0.05) is 71.2 Å². The summed E-state index contributed by atoms with van der Waals surface area (Å²) >= 11 is 0. The van der Waals surface area contributed by atoms with Gasteiger partial charge in [-0.05, 0) is 69.3 Å². The lowest BCUT2D eigenvalue weighted by Crippen LogP contribution is -2.41. The first kappa shape index (κ1) is 32.1. The molecule has 0 bridgehead atoms. The molecule has 1 N–H and O–H groups in total. The summed E-state index contributed by atoms with van der Waals surface area (Å²) in [6, 6.07) is 15.9. The summed E-state index contributed by atoms with van der Waals surface area (Å²) in [5, 5.41) is 10.9. The van der Waals surface area contributed by atoms with Gasteiger partial charge in [0.05, 0.1) is 31.2 Å². The van der Waals surface area contributed by atoms with Crippen molar-refractivity contribution in [3.05, 3.63) is 75.8 Å². The summed E-state index contributed by atoms with van der Waals surface area (Å²) in [5.74, 6) is 0.767. The molecule has 0 aliphatic carbocycles. The molecule has 3 rings (SSSR count). The Morgan fingerprint density at radius 1 is 1.02 bits per heavy atom. The summed E-state index contributed by atoms with van der Waals surface area (Å²) < 4.78 is 20.8. The largest absolute Gasteiger partial charge is 0.497 e. The Labute approximate surface area is 242 Å². The van der Waals surface area contributed by atoms with Crippen molar-refractivity contribution in [3.8, 4) is 17.3 Å². The lowest BCUT2D eigenvalue weighted by Gasteiger charge is -2.36. The van der Waals surface area contributed by atoms with Crippen molar-refractivity contribution in [1.29, 1.82) is 0 Å². The van der Waals surface area contributed by atoms with Gasteiger partial charge in [-0.15, -0.1) is 0 Å². The highest BCUT2D eigenvalue weighted by atomic mass is 31.0. The molecule has 9 heteroatoms. The zero-order valence-electron chi connectivity index (χ0n) is 25.2. The van der Waals surface area contributed by atoms with E-state index in [0.717, 1.165) is 42.6 Å². The van der Waals surface area contributed by atoms with Gasteiger partial charge in [-0.25, -0.2) is 9.13 Å². The van der Waals surface area contributed by atoms with Crippen molar-refractivity contribution in [2.24, 2.45) is 0 Å². The molecule has 0 saturated carbocycles. The second kappa shape index (κ2) is 14.0. The van der Waals surface area contributed by atoms with Crippen LogP contribution in [0.4, 0.5) is 0 Å². The summed E-state index contributed by atoms with van der Waals surface area (Å²) in [6.07, 6.45) is 4.66. The molecule has 2 aromatic carbocycles. The van der Waals surface area contributed by atoms with Gasteiger partial charge >= 0.3 is 5.69 Å². The first-order valence-corrected chi connectivity index (χ1v) is 17.6. The fraction of sp³-hybridized carbons (Fsp3) is 0.516. The monoisotopic (exact) mass is 586 g/mol. The fourth-order valence-electron chi connectivity index (χ4n) is 4.34. The second-order valence-electron chi connectivity index (χ2n) is 11.9. The maximum atomic E-state index is 13.1. The van der Waals surface area contributed by atoms with Gasteiger partial charge < -0.3 is 19.0 Å². The van der Waals surface area contributed by atoms with Crippen molar-refractivity contribution in [1.82, 2.24) is 8.90 Å². The Balaban J connectivity index is 1.81. The molecular weight excluding hydrogens is 539 g/mol. The average molecular weight is 587 g/mol. The number of hydrogen-bond acceptors (Lipinski definition) is 5. The van der Waals surface area contributed by atoms with Crippen LogP contribution in [0.5, 0.6) is 11.6 Å². The van der Waals surface area contributed by atoms with Gasteiger partial charge in [0.1, 0.15) is 5.75 Å². The van der Waals surface area contributed by atoms with E-state index in [1.54, 1.807) is 11.7 Å². The standard InChI is InChI=1S/C31H47N2O5PSi/c1-8-9-10-11-28(37-22-23-12-18-26(36-5)19-13-23)24-14-16-25(17-15-24)32-27(29(34)33(39)30(32)35)20-21-38-40(6,7)31(2,3)4/h12-19,28,34H,8-11,20-22,39H2,1-7H3. The molecule has 3 aromatic rings. The maximum absolute atomic E-state index is 13.1. The number of aromatic hydroxyl groups is 1. The zero-order chi connectivity index (χ0) is 29.5. The van der Waals surface area contributed by atoms with Gasteiger partial charge in [-0.2, -0.15) is 0 Å². The van der Waals surface area contributed by atoms with Crippen LogP contribution in [-0.2, 0) is 22.2 Å². The summed E-state index contributed by atoms with van der Waals surface area (Å²) in [5.41, 5.74) is 3.09. The van der Waals surface area contributed by atoms with Crippen LogP contribution in [0, 0.1) is 0 Å². The van der Waals surface area contributed by atoms with E-state index in [0.29, 0.717) is 31.0 Å². The molecule has 0 aliphatic rings. The van der Waals surface area contributed by atoms with Crippen LogP contribution < -0.4 is 10.4 Å². The molecule has 7 nitrogen and oxygen atoms in total. The molecule has 2 unspecified atom stereocenters. The summed E-state index contributed by atoms with van der Waals surface area (Å²) in [7, 11) is 2.02. The van der Waals surface area contributed by atoms with Gasteiger partial charge in [0.25, 0.3) is 0 Å². The van der Waals surface area contributed by atoms with Gasteiger partial charge in [0.15, 0.2) is 8.32 Å². The highest BCUT2D eigenvalue weighted by molar-refractivity contribution is 7.14. The topological polar surface area (TPSA) is 74.9 Å². The summed E-state index contributed by atoms with van der Waals surface area (Å²) in [6.45, 7) is 14.1. The Kier molecular flexibility index (Phi) is 11.2. The highest BCUT2D eigenvalue weighted by Gasteiger charge is 2.37. The van der Waals surface area contributed by atoms with Crippen molar-refractivity contribution >= 4 is 17.7 Å². The van der Waals surface area contributed by atoms with Crippen LogP contribution in [0.1, 0.15) is 76.3 Å². The van der Waals surface area contributed by atoms with Gasteiger partial charge in [-0.3, -0.25) is 4.57 Å². The summed E-state index contributed by atoms with van der Waals surface area (Å²) in [4.78, 5) is 13.1. The lowest BCUT2D eigenvalue weighted by atomic mass is 10.0. The Morgan fingerprint density at radius 3 is 2.25 bits per heavy atom. The average Bonchev–Trinajstić information content (AvgIpc) is 3.13. The van der Waals surface area contributed by atoms with E-state index in [2.05, 4.69) is 50.2 Å². The first-order chi connectivity index (χ1) is 18.9. The third kappa shape index (κ3) is 7.88. The Bertz CT molecular complexity index is 1280. The van der Waals surface area contributed by atoms with Crippen LogP contribution in [0.3, 0.4) is 0 Å². The van der Waals surface area contributed by atoms with Gasteiger partial charge in [0.2, 0.25) is 5.88 Å². The molecule has 0 saturated heterocycles. The van der Waals surface area contributed by atoms with Crippen molar-refractivity contribution in [3.63, 3.8) is 0 Å². The van der Waals surface area contributed by atoms with E-state index in [9.17, 15) is 9.90 Å².